The molecule has 0 atom stereocenters. The van der Waals surface area contributed by atoms with Crippen molar-refractivity contribution in [1.82, 2.24) is 5.32 Å². The van der Waals surface area contributed by atoms with Crippen LogP contribution in [0.4, 0.5) is 10.5 Å². The third-order valence-corrected chi connectivity index (χ3v) is 5.39. The Bertz CT molecular complexity index is 1280. The van der Waals surface area contributed by atoms with Crippen LogP contribution < -0.4 is 29.6 Å². The molecule has 212 valence electrons. The predicted octanol–water partition coefficient (Wildman–Crippen LogP) is 5.60. The molecular formula is C30H34N2O8. The SMILES string of the molecule is CCOC(=O)Oc1ccc(C(=O)NCc2cccc(NC(=O)c3cc(OCC)c(OCC)c(OCC)c3)c2)cc1. The van der Waals surface area contributed by atoms with Gasteiger partial charge in [-0.15, -0.1) is 0 Å². The highest BCUT2D eigenvalue weighted by molar-refractivity contribution is 6.05. The van der Waals surface area contributed by atoms with Gasteiger partial charge in [0, 0.05) is 23.4 Å². The average Bonchev–Trinajstić information content (AvgIpc) is 2.94. The Labute approximate surface area is 233 Å². The quantitative estimate of drug-likeness (QED) is 0.208. The van der Waals surface area contributed by atoms with Crippen LogP contribution >= 0.6 is 0 Å². The largest absolute Gasteiger partial charge is 0.513 e. The van der Waals surface area contributed by atoms with Gasteiger partial charge in [0.15, 0.2) is 11.5 Å². The van der Waals surface area contributed by atoms with Crippen LogP contribution in [0.1, 0.15) is 54.0 Å². The second-order valence-electron chi connectivity index (χ2n) is 8.25. The van der Waals surface area contributed by atoms with Gasteiger partial charge in [-0.1, -0.05) is 12.1 Å². The van der Waals surface area contributed by atoms with E-state index >= 15 is 0 Å². The standard InChI is InChI=1S/C30H34N2O8/c1-5-36-25-17-22(18-26(37-6-2)27(25)38-7-3)29(34)32-23-11-9-10-20(16-23)19-31-28(33)21-12-14-24(15-13-21)40-30(35)39-8-4/h9-18H,5-8,19H2,1-4H3,(H,31,33)(H,32,34). The smallest absolute Gasteiger partial charge is 0.490 e. The second kappa shape index (κ2) is 15.0. The van der Waals surface area contributed by atoms with Gasteiger partial charge < -0.3 is 34.3 Å². The minimum absolute atomic E-state index is 0.204. The molecule has 10 nitrogen and oxygen atoms in total. The van der Waals surface area contributed by atoms with E-state index in [9.17, 15) is 14.4 Å². The number of anilines is 1. The lowest BCUT2D eigenvalue weighted by atomic mass is 10.1. The van der Waals surface area contributed by atoms with E-state index in [0.717, 1.165) is 5.56 Å². The topological polar surface area (TPSA) is 121 Å². The number of carbonyl (C=O) groups is 3. The number of rotatable bonds is 13. The van der Waals surface area contributed by atoms with Gasteiger partial charge >= 0.3 is 6.16 Å². The van der Waals surface area contributed by atoms with Gasteiger partial charge in [0.1, 0.15) is 5.75 Å². The Hall–Kier alpha value is -4.73. The molecule has 0 aliphatic heterocycles. The number of ether oxygens (including phenoxy) is 5. The molecule has 0 spiro atoms. The van der Waals surface area contributed by atoms with Crippen LogP contribution in [-0.2, 0) is 11.3 Å². The Morgan fingerprint density at radius 3 is 1.95 bits per heavy atom. The molecule has 0 aliphatic carbocycles. The highest BCUT2D eigenvalue weighted by atomic mass is 16.7. The van der Waals surface area contributed by atoms with Crippen LogP contribution in [0.2, 0.25) is 0 Å². The van der Waals surface area contributed by atoms with Crippen molar-refractivity contribution in [2.45, 2.75) is 34.2 Å². The summed E-state index contributed by atoms with van der Waals surface area (Å²) in [4.78, 5) is 37.1. The lowest BCUT2D eigenvalue weighted by Gasteiger charge is -2.17. The van der Waals surface area contributed by atoms with Crippen molar-refractivity contribution < 1.29 is 38.1 Å². The summed E-state index contributed by atoms with van der Waals surface area (Å²) in [5.74, 6) is 0.930. The van der Waals surface area contributed by atoms with Gasteiger partial charge in [0.2, 0.25) is 5.75 Å². The minimum Gasteiger partial charge on any atom is -0.490 e. The monoisotopic (exact) mass is 550 g/mol. The summed E-state index contributed by atoms with van der Waals surface area (Å²) in [5, 5.41) is 5.72. The number of amides is 2. The third kappa shape index (κ3) is 8.39. The Balaban J connectivity index is 1.66. The fraction of sp³-hybridized carbons (Fsp3) is 0.300. The molecule has 0 aliphatic rings. The summed E-state index contributed by atoms with van der Waals surface area (Å²) in [5.41, 5.74) is 2.09. The van der Waals surface area contributed by atoms with Crippen molar-refractivity contribution in [3.05, 3.63) is 77.4 Å². The molecule has 2 amide bonds. The molecule has 0 fully saturated rings. The first-order valence-electron chi connectivity index (χ1n) is 13.1. The molecule has 3 aromatic rings. The maximum Gasteiger partial charge on any atom is 0.513 e. The summed E-state index contributed by atoms with van der Waals surface area (Å²) in [7, 11) is 0. The summed E-state index contributed by atoms with van der Waals surface area (Å²) in [6.07, 6.45) is -0.807. The van der Waals surface area contributed by atoms with Gasteiger partial charge in [-0.05, 0) is 81.8 Å². The van der Waals surface area contributed by atoms with Crippen molar-refractivity contribution in [1.29, 1.82) is 0 Å². The number of hydrogen-bond donors (Lipinski definition) is 2. The lowest BCUT2D eigenvalue weighted by molar-refractivity contribution is 0.0950. The van der Waals surface area contributed by atoms with Crippen LogP contribution in [0.25, 0.3) is 0 Å². The Kier molecular flexibility index (Phi) is 11.2. The van der Waals surface area contributed by atoms with Gasteiger partial charge in [-0.25, -0.2) is 4.79 Å². The van der Waals surface area contributed by atoms with E-state index in [1.54, 1.807) is 49.4 Å². The zero-order valence-corrected chi connectivity index (χ0v) is 23.1. The van der Waals surface area contributed by atoms with Crippen LogP contribution in [0, 0.1) is 0 Å². The van der Waals surface area contributed by atoms with Crippen molar-refractivity contribution in [2.24, 2.45) is 0 Å². The van der Waals surface area contributed by atoms with Gasteiger partial charge in [-0.3, -0.25) is 9.59 Å². The number of benzene rings is 3. The molecule has 0 bridgehead atoms. The highest BCUT2D eigenvalue weighted by Gasteiger charge is 2.19. The minimum atomic E-state index is -0.807. The second-order valence-corrected chi connectivity index (χ2v) is 8.25. The highest BCUT2D eigenvalue weighted by Crippen LogP contribution is 2.39. The van der Waals surface area contributed by atoms with Crippen molar-refractivity contribution in [3.8, 4) is 23.0 Å². The molecule has 0 saturated heterocycles. The van der Waals surface area contributed by atoms with Crippen LogP contribution in [-0.4, -0.2) is 44.4 Å². The number of nitrogens with one attached hydrogen (secondary N) is 2. The Morgan fingerprint density at radius 1 is 0.700 bits per heavy atom. The van der Waals surface area contributed by atoms with Gasteiger partial charge in [0.05, 0.1) is 26.4 Å². The van der Waals surface area contributed by atoms with Gasteiger partial charge in [0.25, 0.3) is 11.8 Å². The van der Waals surface area contributed by atoms with Crippen molar-refractivity contribution in [2.75, 3.05) is 31.7 Å². The zero-order valence-electron chi connectivity index (χ0n) is 23.1. The fourth-order valence-electron chi connectivity index (χ4n) is 3.68. The van der Waals surface area contributed by atoms with Crippen LogP contribution in [0.5, 0.6) is 23.0 Å². The normalized spacial score (nSPS) is 10.3. The molecule has 0 aromatic heterocycles. The van der Waals surface area contributed by atoms with Crippen molar-refractivity contribution in [3.63, 3.8) is 0 Å². The van der Waals surface area contributed by atoms with Crippen LogP contribution in [0.3, 0.4) is 0 Å². The number of carbonyl (C=O) groups excluding carboxylic acids is 3. The molecule has 0 unspecified atom stereocenters. The maximum atomic E-state index is 13.1. The first-order chi connectivity index (χ1) is 19.4. The zero-order chi connectivity index (χ0) is 28.9. The van der Waals surface area contributed by atoms with E-state index in [1.807, 2.05) is 26.8 Å². The summed E-state index contributed by atoms with van der Waals surface area (Å²) >= 11 is 0. The molecule has 10 heteroatoms. The molecule has 2 N–H and O–H groups in total. The summed E-state index contributed by atoms with van der Waals surface area (Å²) < 4.78 is 26.9. The van der Waals surface area contributed by atoms with E-state index in [0.29, 0.717) is 53.9 Å². The predicted molar refractivity (Wildman–Crippen MR) is 150 cm³/mol. The molecule has 0 saturated carbocycles. The molecule has 0 radical (unpaired) electrons. The van der Waals surface area contributed by atoms with Gasteiger partial charge in [-0.2, -0.15) is 0 Å². The first kappa shape index (κ1) is 29.8. The number of hydrogen-bond acceptors (Lipinski definition) is 8. The third-order valence-electron chi connectivity index (χ3n) is 5.39. The van der Waals surface area contributed by atoms with E-state index in [2.05, 4.69) is 10.6 Å². The summed E-state index contributed by atoms with van der Waals surface area (Å²) in [6.45, 7) is 8.89. The van der Waals surface area contributed by atoms with Crippen LogP contribution in [0.15, 0.2) is 60.7 Å². The summed E-state index contributed by atoms with van der Waals surface area (Å²) in [6, 6.07) is 16.5. The molecule has 3 rings (SSSR count). The van der Waals surface area contributed by atoms with E-state index in [1.165, 1.54) is 12.1 Å². The lowest BCUT2D eigenvalue weighted by Crippen LogP contribution is -2.23. The average molecular weight is 551 g/mol. The molecule has 3 aromatic carbocycles. The van der Waals surface area contributed by atoms with E-state index in [-0.39, 0.29) is 30.7 Å². The maximum absolute atomic E-state index is 13.1. The molecular weight excluding hydrogens is 516 g/mol. The van der Waals surface area contributed by atoms with E-state index in [4.69, 9.17) is 23.7 Å². The first-order valence-corrected chi connectivity index (χ1v) is 13.1. The van der Waals surface area contributed by atoms with Crippen molar-refractivity contribution >= 4 is 23.7 Å². The molecule has 0 heterocycles. The fourth-order valence-corrected chi connectivity index (χ4v) is 3.68. The van der Waals surface area contributed by atoms with E-state index < -0.39 is 6.16 Å². The molecule has 40 heavy (non-hydrogen) atoms. The Morgan fingerprint density at radius 2 is 1.35 bits per heavy atom.